The summed E-state index contributed by atoms with van der Waals surface area (Å²) >= 11 is 3.42. The average molecular weight is 336 g/mol. The minimum absolute atomic E-state index is 0.777. The summed E-state index contributed by atoms with van der Waals surface area (Å²) in [6, 6.07) is 8.60. The van der Waals surface area contributed by atoms with Crippen LogP contribution in [0.3, 0.4) is 0 Å². The van der Waals surface area contributed by atoms with Gasteiger partial charge < -0.3 is 14.5 Å². The second kappa shape index (κ2) is 7.30. The molecule has 1 aliphatic rings. The molecule has 0 saturated carbocycles. The summed E-state index contributed by atoms with van der Waals surface area (Å²) in [5.74, 6) is 0.916. The number of hydrogen-bond acceptors (Lipinski definition) is 7. The molecule has 0 radical (unpaired) electrons. The van der Waals surface area contributed by atoms with Gasteiger partial charge in [0.25, 0.3) is 0 Å². The van der Waals surface area contributed by atoms with Gasteiger partial charge in [-0.25, -0.2) is 0 Å². The number of anilines is 2. The van der Waals surface area contributed by atoms with Crippen LogP contribution in [-0.4, -0.2) is 50.6 Å². The third-order valence-electron chi connectivity index (χ3n) is 3.47. The highest BCUT2D eigenvalue weighted by molar-refractivity contribution is 8.00. The van der Waals surface area contributed by atoms with Crippen molar-refractivity contribution in [1.82, 2.24) is 10.2 Å². The van der Waals surface area contributed by atoms with E-state index in [1.807, 2.05) is 0 Å². The lowest BCUT2D eigenvalue weighted by atomic mass is 10.2. The molecule has 3 rings (SSSR count). The lowest BCUT2D eigenvalue weighted by Crippen LogP contribution is -2.36. The first kappa shape index (κ1) is 15.6. The third kappa shape index (κ3) is 3.91. The van der Waals surface area contributed by atoms with Crippen LogP contribution in [0.5, 0.6) is 0 Å². The average Bonchev–Trinajstić information content (AvgIpc) is 3.03. The highest BCUT2D eigenvalue weighted by atomic mass is 32.2. The number of ether oxygens (including phenoxy) is 1. The van der Waals surface area contributed by atoms with Crippen LogP contribution in [-0.2, 0) is 10.5 Å². The minimum Gasteiger partial charge on any atom is -0.378 e. The second-order valence-electron chi connectivity index (χ2n) is 5.30. The number of aromatic nitrogens is 2. The quantitative estimate of drug-likeness (QED) is 0.782. The largest absolute Gasteiger partial charge is 0.378 e. The molecule has 22 heavy (non-hydrogen) atoms. The van der Waals surface area contributed by atoms with E-state index in [9.17, 15) is 0 Å². The zero-order valence-corrected chi connectivity index (χ0v) is 14.5. The molecule has 0 amide bonds. The molecule has 118 valence electrons. The molecule has 1 aromatic heterocycles. The summed E-state index contributed by atoms with van der Waals surface area (Å²) in [6.07, 6.45) is 0. The molecule has 1 saturated heterocycles. The molecule has 0 aliphatic carbocycles. The predicted molar refractivity (Wildman–Crippen MR) is 93.3 cm³/mol. The first-order chi connectivity index (χ1) is 10.7. The summed E-state index contributed by atoms with van der Waals surface area (Å²) in [5.41, 5.74) is 2.53. The van der Waals surface area contributed by atoms with Crippen LogP contribution >= 0.6 is 23.1 Å². The molecule has 5 nitrogen and oxygen atoms in total. The van der Waals surface area contributed by atoms with Gasteiger partial charge in [-0.2, -0.15) is 0 Å². The van der Waals surface area contributed by atoms with E-state index in [-0.39, 0.29) is 0 Å². The molecule has 0 N–H and O–H groups in total. The molecule has 7 heteroatoms. The van der Waals surface area contributed by atoms with Gasteiger partial charge >= 0.3 is 0 Å². The van der Waals surface area contributed by atoms with Crippen molar-refractivity contribution in [1.29, 1.82) is 0 Å². The molecule has 2 heterocycles. The molecule has 1 fully saturated rings. The Morgan fingerprint density at radius 1 is 1.27 bits per heavy atom. The first-order valence-corrected chi connectivity index (χ1v) is 9.08. The van der Waals surface area contributed by atoms with Crippen LogP contribution in [0.15, 0.2) is 28.6 Å². The van der Waals surface area contributed by atoms with E-state index >= 15 is 0 Å². The summed E-state index contributed by atoms with van der Waals surface area (Å²) in [7, 11) is 4.12. The van der Waals surface area contributed by atoms with Crippen LogP contribution < -0.4 is 9.80 Å². The number of benzene rings is 1. The van der Waals surface area contributed by atoms with E-state index < -0.39 is 0 Å². The van der Waals surface area contributed by atoms with E-state index in [2.05, 4.69) is 58.4 Å². The Balaban J connectivity index is 1.59. The smallest absolute Gasteiger partial charge is 0.209 e. The summed E-state index contributed by atoms with van der Waals surface area (Å²) in [6.45, 7) is 3.37. The van der Waals surface area contributed by atoms with Gasteiger partial charge in [0.1, 0.15) is 0 Å². The maximum Gasteiger partial charge on any atom is 0.209 e. The predicted octanol–water partition coefficient (Wildman–Crippen LogP) is 2.73. The number of rotatable bonds is 5. The maximum absolute atomic E-state index is 5.37. The lowest BCUT2D eigenvalue weighted by molar-refractivity contribution is 0.122. The third-order valence-corrected chi connectivity index (χ3v) is 5.66. The van der Waals surface area contributed by atoms with Gasteiger partial charge in [0.15, 0.2) is 4.34 Å². The van der Waals surface area contributed by atoms with Crippen molar-refractivity contribution >= 4 is 33.9 Å². The normalized spacial score (nSPS) is 15.1. The first-order valence-electron chi connectivity index (χ1n) is 7.27. The summed E-state index contributed by atoms with van der Waals surface area (Å²) in [5, 5.41) is 9.62. The molecule has 0 spiro atoms. The Kier molecular flexibility index (Phi) is 5.17. The highest BCUT2D eigenvalue weighted by Crippen LogP contribution is 2.31. The Labute approximate surface area is 139 Å². The van der Waals surface area contributed by atoms with Crippen LogP contribution in [0.25, 0.3) is 0 Å². The van der Waals surface area contributed by atoms with E-state index in [1.165, 1.54) is 11.3 Å². The molecular weight excluding hydrogens is 316 g/mol. The van der Waals surface area contributed by atoms with Crippen molar-refractivity contribution in [3.8, 4) is 0 Å². The molecule has 0 atom stereocenters. The van der Waals surface area contributed by atoms with Crippen molar-refractivity contribution < 1.29 is 4.74 Å². The molecule has 1 aliphatic heterocycles. The van der Waals surface area contributed by atoms with Crippen molar-refractivity contribution in [2.45, 2.75) is 10.1 Å². The molecular formula is C15H20N4OS2. The van der Waals surface area contributed by atoms with Gasteiger partial charge in [-0.3, -0.25) is 0 Å². The van der Waals surface area contributed by atoms with Crippen LogP contribution in [0, 0.1) is 0 Å². The number of thioether (sulfide) groups is 1. The van der Waals surface area contributed by atoms with Crippen molar-refractivity contribution in [2.24, 2.45) is 0 Å². The molecule has 0 bridgehead atoms. The fourth-order valence-electron chi connectivity index (χ4n) is 2.21. The number of hydrogen-bond donors (Lipinski definition) is 0. The van der Waals surface area contributed by atoms with Gasteiger partial charge in [0.2, 0.25) is 5.13 Å². The molecule has 2 aromatic rings. The Morgan fingerprint density at radius 3 is 2.86 bits per heavy atom. The zero-order valence-electron chi connectivity index (χ0n) is 12.9. The fraction of sp³-hybridized carbons (Fsp3) is 0.467. The SMILES string of the molecule is CN(C)c1cccc(CSc2nnc(N3CCOCC3)s2)c1. The second-order valence-corrected chi connectivity index (χ2v) is 7.48. The van der Waals surface area contributed by atoms with E-state index in [0.29, 0.717) is 0 Å². The Bertz CT molecular complexity index is 611. The zero-order chi connectivity index (χ0) is 15.4. The van der Waals surface area contributed by atoms with Crippen LogP contribution in [0.4, 0.5) is 10.8 Å². The van der Waals surface area contributed by atoms with Gasteiger partial charge in [-0.05, 0) is 17.7 Å². The van der Waals surface area contributed by atoms with Crippen molar-refractivity contribution in [2.75, 3.05) is 50.2 Å². The van der Waals surface area contributed by atoms with Gasteiger partial charge in [0, 0.05) is 38.6 Å². The standard InChI is InChI=1S/C15H20N4OS2/c1-18(2)13-5-3-4-12(10-13)11-21-15-17-16-14(22-15)19-6-8-20-9-7-19/h3-5,10H,6-9,11H2,1-2H3. The van der Waals surface area contributed by atoms with Crippen molar-refractivity contribution in [3.05, 3.63) is 29.8 Å². The summed E-state index contributed by atoms with van der Waals surface area (Å²) < 4.78 is 6.39. The Hall–Kier alpha value is -1.31. The number of nitrogens with zero attached hydrogens (tertiary/aromatic N) is 4. The van der Waals surface area contributed by atoms with Crippen molar-refractivity contribution in [3.63, 3.8) is 0 Å². The van der Waals surface area contributed by atoms with Crippen LogP contribution in [0.1, 0.15) is 5.56 Å². The fourth-order valence-corrected chi connectivity index (χ4v) is 4.05. The lowest BCUT2D eigenvalue weighted by Gasteiger charge is -2.25. The van der Waals surface area contributed by atoms with Gasteiger partial charge in [0.05, 0.1) is 13.2 Å². The minimum atomic E-state index is 0.777. The van der Waals surface area contributed by atoms with Gasteiger partial charge in [-0.15, -0.1) is 10.2 Å². The Morgan fingerprint density at radius 2 is 2.09 bits per heavy atom. The van der Waals surface area contributed by atoms with E-state index in [1.54, 1.807) is 23.1 Å². The highest BCUT2D eigenvalue weighted by Gasteiger charge is 2.15. The monoisotopic (exact) mass is 336 g/mol. The molecule has 0 unspecified atom stereocenters. The van der Waals surface area contributed by atoms with E-state index in [0.717, 1.165) is 41.5 Å². The summed E-state index contributed by atoms with van der Waals surface area (Å²) in [4.78, 5) is 4.37. The van der Waals surface area contributed by atoms with Gasteiger partial charge in [-0.1, -0.05) is 35.2 Å². The maximum atomic E-state index is 5.37. The number of morpholine rings is 1. The topological polar surface area (TPSA) is 41.5 Å². The molecule has 1 aromatic carbocycles. The van der Waals surface area contributed by atoms with Crippen LogP contribution in [0.2, 0.25) is 0 Å². The van der Waals surface area contributed by atoms with E-state index in [4.69, 9.17) is 4.74 Å².